The lowest BCUT2D eigenvalue weighted by Gasteiger charge is -2.14. The van der Waals surface area contributed by atoms with Gasteiger partial charge in [-0.05, 0) is 18.2 Å². The molecule has 0 radical (unpaired) electrons. The van der Waals surface area contributed by atoms with Gasteiger partial charge in [-0.15, -0.1) is 11.3 Å². The molecule has 0 aliphatic rings. The van der Waals surface area contributed by atoms with Gasteiger partial charge < -0.3 is 9.32 Å². The van der Waals surface area contributed by atoms with Crippen molar-refractivity contribution in [3.05, 3.63) is 45.5 Å². The molecule has 0 spiro atoms. The summed E-state index contributed by atoms with van der Waals surface area (Å²) in [6, 6.07) is 5.41. The molecule has 5 heteroatoms. The van der Waals surface area contributed by atoms with Crippen molar-refractivity contribution in [3.63, 3.8) is 0 Å². The number of thiophene rings is 1. The minimum Gasteiger partial charge on any atom is -0.472 e. The molecule has 0 saturated carbocycles. The molecule has 0 aliphatic heterocycles. The summed E-state index contributed by atoms with van der Waals surface area (Å²) in [5, 5.41) is 0. The number of halogens is 1. The summed E-state index contributed by atoms with van der Waals surface area (Å²) in [5.41, 5.74) is 0.560. The van der Waals surface area contributed by atoms with Crippen LogP contribution in [-0.2, 0) is 6.54 Å². The molecule has 2 heterocycles. The van der Waals surface area contributed by atoms with Crippen LogP contribution in [0.1, 0.15) is 15.2 Å². The number of carbonyl (C=O) groups excluding carboxylic acids is 1. The lowest BCUT2D eigenvalue weighted by atomic mass is 10.3. The summed E-state index contributed by atoms with van der Waals surface area (Å²) in [4.78, 5) is 14.5. The van der Waals surface area contributed by atoms with E-state index in [1.807, 2.05) is 12.1 Å². The molecule has 2 rings (SSSR count). The summed E-state index contributed by atoms with van der Waals surface area (Å²) in [5.74, 6) is -0.0572. The normalized spacial score (nSPS) is 10.4. The van der Waals surface area contributed by atoms with Gasteiger partial charge in [0.2, 0.25) is 0 Å². The van der Waals surface area contributed by atoms with E-state index in [4.69, 9.17) is 16.0 Å². The fourth-order valence-corrected chi connectivity index (χ4v) is 2.49. The Labute approximate surface area is 102 Å². The molecule has 1 amide bonds. The van der Waals surface area contributed by atoms with Gasteiger partial charge in [0.05, 0.1) is 22.7 Å². The van der Waals surface area contributed by atoms with E-state index in [1.54, 1.807) is 18.0 Å². The Hall–Kier alpha value is -1.26. The van der Waals surface area contributed by atoms with Gasteiger partial charge in [-0.1, -0.05) is 11.6 Å². The smallest absolute Gasteiger partial charge is 0.257 e. The average molecular weight is 256 g/mol. The van der Waals surface area contributed by atoms with E-state index < -0.39 is 0 Å². The number of rotatable bonds is 3. The van der Waals surface area contributed by atoms with E-state index in [-0.39, 0.29) is 5.91 Å². The van der Waals surface area contributed by atoms with E-state index >= 15 is 0 Å². The quantitative estimate of drug-likeness (QED) is 0.843. The predicted molar refractivity (Wildman–Crippen MR) is 63.8 cm³/mol. The first kappa shape index (κ1) is 11.2. The van der Waals surface area contributed by atoms with E-state index in [1.165, 1.54) is 23.9 Å². The number of nitrogens with zero attached hydrogens (tertiary/aromatic N) is 1. The van der Waals surface area contributed by atoms with Gasteiger partial charge in [0.25, 0.3) is 5.91 Å². The van der Waals surface area contributed by atoms with E-state index in [0.717, 1.165) is 9.21 Å². The van der Waals surface area contributed by atoms with Gasteiger partial charge in [0, 0.05) is 11.9 Å². The minimum absolute atomic E-state index is 0.0572. The summed E-state index contributed by atoms with van der Waals surface area (Å²) < 4.78 is 5.61. The van der Waals surface area contributed by atoms with Gasteiger partial charge in [-0.25, -0.2) is 0 Å². The molecule has 2 aromatic heterocycles. The molecule has 0 bridgehead atoms. The molecule has 0 saturated heterocycles. The van der Waals surface area contributed by atoms with Crippen molar-refractivity contribution in [2.24, 2.45) is 0 Å². The lowest BCUT2D eigenvalue weighted by molar-refractivity contribution is 0.0786. The maximum atomic E-state index is 11.9. The largest absolute Gasteiger partial charge is 0.472 e. The van der Waals surface area contributed by atoms with E-state index in [9.17, 15) is 4.79 Å². The van der Waals surface area contributed by atoms with Crippen LogP contribution in [-0.4, -0.2) is 17.9 Å². The maximum absolute atomic E-state index is 11.9. The molecule has 0 aromatic carbocycles. The first-order valence-corrected chi connectivity index (χ1v) is 5.88. The topological polar surface area (TPSA) is 33.5 Å². The van der Waals surface area contributed by atoms with Crippen LogP contribution in [0, 0.1) is 0 Å². The molecule has 0 fully saturated rings. The first-order chi connectivity index (χ1) is 7.66. The zero-order valence-electron chi connectivity index (χ0n) is 8.64. The Morgan fingerprint density at radius 1 is 1.50 bits per heavy atom. The Morgan fingerprint density at radius 3 is 2.88 bits per heavy atom. The number of carbonyl (C=O) groups is 1. The van der Waals surface area contributed by atoms with Crippen molar-refractivity contribution >= 4 is 28.8 Å². The van der Waals surface area contributed by atoms with Crippen LogP contribution in [0.3, 0.4) is 0 Å². The standard InChI is InChI=1S/C11H10ClNO2S/c1-13(6-9-2-3-10(12)16-9)11(14)8-4-5-15-7-8/h2-5,7H,6H2,1H3. The third-order valence-corrected chi connectivity index (χ3v) is 3.35. The molecule has 16 heavy (non-hydrogen) atoms. The molecule has 2 aromatic rings. The molecule has 0 atom stereocenters. The predicted octanol–water partition coefficient (Wildman–Crippen LogP) is 3.27. The van der Waals surface area contributed by atoms with Crippen LogP contribution in [0.4, 0.5) is 0 Å². The van der Waals surface area contributed by atoms with Crippen LogP contribution in [0.2, 0.25) is 4.34 Å². The highest BCUT2D eigenvalue weighted by Crippen LogP contribution is 2.22. The Bertz CT molecular complexity index is 478. The monoisotopic (exact) mass is 255 g/mol. The molecule has 0 unspecified atom stereocenters. The van der Waals surface area contributed by atoms with Gasteiger partial charge >= 0.3 is 0 Å². The fraction of sp³-hybridized carbons (Fsp3) is 0.182. The van der Waals surface area contributed by atoms with Crippen LogP contribution in [0.15, 0.2) is 35.1 Å². The zero-order chi connectivity index (χ0) is 11.5. The second-order valence-electron chi connectivity index (χ2n) is 3.38. The molecular formula is C11H10ClNO2S. The van der Waals surface area contributed by atoms with E-state index in [0.29, 0.717) is 12.1 Å². The van der Waals surface area contributed by atoms with Gasteiger partial charge in [0.1, 0.15) is 6.26 Å². The summed E-state index contributed by atoms with van der Waals surface area (Å²) in [6.07, 6.45) is 2.93. The molecule has 0 N–H and O–H groups in total. The lowest BCUT2D eigenvalue weighted by Crippen LogP contribution is -2.25. The first-order valence-electron chi connectivity index (χ1n) is 4.68. The zero-order valence-corrected chi connectivity index (χ0v) is 10.2. The average Bonchev–Trinajstić information content (AvgIpc) is 2.88. The SMILES string of the molecule is CN(Cc1ccc(Cl)s1)C(=O)c1ccoc1. The number of amides is 1. The summed E-state index contributed by atoms with van der Waals surface area (Å²) in [7, 11) is 1.75. The van der Waals surface area contributed by atoms with Crippen molar-refractivity contribution in [1.29, 1.82) is 0 Å². The van der Waals surface area contributed by atoms with Crippen LogP contribution < -0.4 is 0 Å². The fourth-order valence-electron chi connectivity index (χ4n) is 1.35. The Balaban J connectivity index is 2.03. The summed E-state index contributed by atoms with van der Waals surface area (Å²) >= 11 is 7.30. The van der Waals surface area contributed by atoms with Crippen molar-refractivity contribution in [2.75, 3.05) is 7.05 Å². The highest BCUT2D eigenvalue weighted by Gasteiger charge is 2.13. The van der Waals surface area contributed by atoms with Crippen molar-refractivity contribution in [2.45, 2.75) is 6.54 Å². The molecular weight excluding hydrogens is 246 g/mol. The molecule has 3 nitrogen and oxygen atoms in total. The van der Waals surface area contributed by atoms with Crippen LogP contribution in [0.5, 0.6) is 0 Å². The third-order valence-electron chi connectivity index (χ3n) is 2.14. The number of hydrogen-bond acceptors (Lipinski definition) is 3. The van der Waals surface area contributed by atoms with Crippen LogP contribution >= 0.6 is 22.9 Å². The molecule has 84 valence electrons. The van der Waals surface area contributed by atoms with Crippen molar-refractivity contribution in [1.82, 2.24) is 4.90 Å². The third kappa shape index (κ3) is 2.46. The maximum Gasteiger partial charge on any atom is 0.257 e. The Kier molecular flexibility index (Phi) is 3.31. The van der Waals surface area contributed by atoms with Gasteiger partial charge in [-0.2, -0.15) is 0 Å². The minimum atomic E-state index is -0.0572. The van der Waals surface area contributed by atoms with Crippen molar-refractivity contribution in [3.8, 4) is 0 Å². The number of furan rings is 1. The second kappa shape index (κ2) is 4.72. The van der Waals surface area contributed by atoms with Gasteiger partial charge in [-0.3, -0.25) is 4.79 Å². The summed E-state index contributed by atoms with van der Waals surface area (Å²) in [6.45, 7) is 0.557. The highest BCUT2D eigenvalue weighted by atomic mass is 35.5. The molecule has 0 aliphatic carbocycles. The number of hydrogen-bond donors (Lipinski definition) is 0. The highest BCUT2D eigenvalue weighted by molar-refractivity contribution is 7.16. The van der Waals surface area contributed by atoms with E-state index in [2.05, 4.69) is 0 Å². The van der Waals surface area contributed by atoms with Gasteiger partial charge in [0.15, 0.2) is 0 Å². The second-order valence-corrected chi connectivity index (χ2v) is 5.18. The van der Waals surface area contributed by atoms with Crippen LogP contribution in [0.25, 0.3) is 0 Å². The Morgan fingerprint density at radius 2 is 2.31 bits per heavy atom. The van der Waals surface area contributed by atoms with Crippen molar-refractivity contribution < 1.29 is 9.21 Å².